The molecule has 0 amide bonds. The maximum Gasteiger partial charge on any atom is 0.0482 e. The van der Waals surface area contributed by atoms with Gasteiger partial charge in [-0.3, -0.25) is 0 Å². The second-order valence-corrected chi connectivity index (χ2v) is 9.28. The molecule has 3 N–H and O–H groups in total. The predicted molar refractivity (Wildman–Crippen MR) is 121 cm³/mol. The highest BCUT2D eigenvalue weighted by atomic mass is 15.0. The molecule has 0 aliphatic heterocycles. The average molecular weight is 388 g/mol. The second kappa shape index (κ2) is 7.62. The van der Waals surface area contributed by atoms with Gasteiger partial charge in [0.2, 0.25) is 0 Å². The van der Waals surface area contributed by atoms with Gasteiger partial charge in [-0.15, -0.1) is 0 Å². The monoisotopic (exact) mass is 387 g/mol. The van der Waals surface area contributed by atoms with E-state index in [2.05, 4.69) is 72.4 Å². The summed E-state index contributed by atoms with van der Waals surface area (Å²) < 4.78 is 2.42. The molecule has 1 heterocycles. The van der Waals surface area contributed by atoms with E-state index in [1.165, 1.54) is 52.7 Å². The second-order valence-electron chi connectivity index (χ2n) is 9.28. The first kappa shape index (κ1) is 18.9. The smallest absolute Gasteiger partial charge is 0.0482 e. The molecule has 2 aromatic carbocycles. The van der Waals surface area contributed by atoms with E-state index in [4.69, 9.17) is 5.73 Å². The third kappa shape index (κ3) is 3.51. The predicted octanol–water partition coefficient (Wildman–Crippen LogP) is 4.63. The summed E-state index contributed by atoms with van der Waals surface area (Å²) in [5, 5.41) is 5.10. The lowest BCUT2D eigenvalue weighted by Crippen LogP contribution is -2.41. The van der Waals surface area contributed by atoms with Gasteiger partial charge in [0.05, 0.1) is 0 Å². The fourth-order valence-electron chi connectivity index (χ4n) is 5.33. The largest absolute Gasteiger partial charge is 0.347 e. The number of aryl methyl sites for hydroxylation is 2. The van der Waals surface area contributed by atoms with E-state index in [9.17, 15) is 0 Å². The Balaban J connectivity index is 1.51. The Morgan fingerprint density at radius 2 is 1.83 bits per heavy atom. The van der Waals surface area contributed by atoms with Crippen molar-refractivity contribution in [3.05, 3.63) is 70.9 Å². The van der Waals surface area contributed by atoms with Gasteiger partial charge in [-0.25, -0.2) is 0 Å². The molecule has 3 aromatic rings. The van der Waals surface area contributed by atoms with Crippen LogP contribution in [0, 0.1) is 12.8 Å². The van der Waals surface area contributed by atoms with Crippen molar-refractivity contribution in [1.82, 2.24) is 9.88 Å². The van der Waals surface area contributed by atoms with E-state index in [1.807, 2.05) is 0 Å². The molecule has 3 nitrogen and oxygen atoms in total. The van der Waals surface area contributed by atoms with Crippen LogP contribution in [0.4, 0.5) is 0 Å². The van der Waals surface area contributed by atoms with Gasteiger partial charge in [0.1, 0.15) is 0 Å². The number of rotatable bonds is 6. The molecule has 1 fully saturated rings. The van der Waals surface area contributed by atoms with Crippen LogP contribution in [0.15, 0.2) is 48.5 Å². The summed E-state index contributed by atoms with van der Waals surface area (Å²) in [6, 6.07) is 18.0. The molecule has 0 saturated heterocycles. The van der Waals surface area contributed by atoms with Crippen LogP contribution in [-0.4, -0.2) is 23.7 Å². The number of nitrogens with two attached hydrogens (primary N) is 1. The fraction of sp³-hybridized carbons (Fsp3) is 0.462. The van der Waals surface area contributed by atoms with Crippen molar-refractivity contribution in [2.45, 2.75) is 50.5 Å². The molecule has 3 atom stereocenters. The Morgan fingerprint density at radius 1 is 1.07 bits per heavy atom. The van der Waals surface area contributed by atoms with Gasteiger partial charge in [-0.05, 0) is 68.8 Å². The first-order valence-electron chi connectivity index (χ1n) is 11.2. The number of nitrogens with one attached hydrogen (secondary N) is 1. The maximum atomic E-state index is 7.03. The molecule has 29 heavy (non-hydrogen) atoms. The molecule has 1 saturated carbocycles. The van der Waals surface area contributed by atoms with Crippen molar-refractivity contribution >= 4 is 10.9 Å². The molecule has 2 aliphatic carbocycles. The van der Waals surface area contributed by atoms with Gasteiger partial charge in [-0.1, -0.05) is 48.0 Å². The Hall–Kier alpha value is -2.10. The van der Waals surface area contributed by atoms with Gasteiger partial charge in [0, 0.05) is 41.5 Å². The highest BCUT2D eigenvalue weighted by Gasteiger charge is 2.38. The van der Waals surface area contributed by atoms with Crippen molar-refractivity contribution in [1.29, 1.82) is 0 Å². The molecule has 5 rings (SSSR count). The molecule has 0 spiro atoms. The van der Waals surface area contributed by atoms with Crippen LogP contribution >= 0.6 is 0 Å². The summed E-state index contributed by atoms with van der Waals surface area (Å²) >= 11 is 0. The minimum Gasteiger partial charge on any atom is -0.347 e. The molecule has 152 valence electrons. The van der Waals surface area contributed by atoms with Gasteiger partial charge in [0.15, 0.2) is 0 Å². The van der Waals surface area contributed by atoms with Gasteiger partial charge in [0.25, 0.3) is 0 Å². The Morgan fingerprint density at radius 3 is 2.59 bits per heavy atom. The highest BCUT2D eigenvalue weighted by Crippen LogP contribution is 2.45. The normalized spacial score (nSPS) is 24.0. The van der Waals surface area contributed by atoms with Crippen LogP contribution in [0.1, 0.15) is 53.5 Å². The number of hydrogen-bond donors (Lipinski definition) is 2. The van der Waals surface area contributed by atoms with Crippen LogP contribution in [0.5, 0.6) is 0 Å². The van der Waals surface area contributed by atoms with E-state index in [0.29, 0.717) is 11.8 Å². The average Bonchev–Trinajstić information content (AvgIpc) is 3.52. The highest BCUT2D eigenvalue weighted by molar-refractivity contribution is 5.86. The van der Waals surface area contributed by atoms with Crippen molar-refractivity contribution < 1.29 is 0 Å². The van der Waals surface area contributed by atoms with E-state index in [1.54, 1.807) is 0 Å². The van der Waals surface area contributed by atoms with Crippen LogP contribution < -0.4 is 11.1 Å². The van der Waals surface area contributed by atoms with Crippen LogP contribution in [-0.2, 0) is 13.5 Å². The lowest BCUT2D eigenvalue weighted by atomic mass is 9.71. The number of aromatic nitrogens is 1. The van der Waals surface area contributed by atoms with Crippen LogP contribution in [0.25, 0.3) is 10.9 Å². The summed E-state index contributed by atoms with van der Waals surface area (Å²) in [6.45, 7) is 4.38. The minimum absolute atomic E-state index is 0.152. The summed E-state index contributed by atoms with van der Waals surface area (Å²) in [5.74, 6) is 1.69. The number of benzene rings is 2. The SMILES string of the molecule is Cc1ccc([C@H]2Cc3c(c4ccccc4n3C)[C@@H](CCNCC3CC3)[C@@H]2N)cc1. The van der Waals surface area contributed by atoms with Crippen molar-refractivity contribution in [2.75, 3.05) is 13.1 Å². The standard InChI is InChI=1S/C26H33N3/c1-17-7-11-19(12-8-17)22-15-24-25(20-5-3-4-6-23(20)29(24)2)21(26(22)27)13-14-28-16-18-9-10-18/h3-8,11-12,18,21-22,26,28H,9-10,13-16,27H2,1-2H3/t21-,22-,26+/m1/s1. The Bertz CT molecular complexity index is 997. The first-order valence-corrected chi connectivity index (χ1v) is 11.2. The van der Waals surface area contributed by atoms with Gasteiger partial charge in [-0.2, -0.15) is 0 Å². The number of hydrogen-bond acceptors (Lipinski definition) is 2. The Labute approximate surface area is 174 Å². The zero-order chi connectivity index (χ0) is 20.0. The first-order chi connectivity index (χ1) is 14.1. The zero-order valence-corrected chi connectivity index (χ0v) is 17.7. The third-order valence-corrected chi connectivity index (χ3v) is 7.25. The molecule has 0 bridgehead atoms. The molecule has 3 heteroatoms. The topological polar surface area (TPSA) is 43.0 Å². The third-order valence-electron chi connectivity index (χ3n) is 7.25. The molecule has 0 radical (unpaired) electrons. The van der Waals surface area contributed by atoms with E-state index < -0.39 is 0 Å². The van der Waals surface area contributed by atoms with Crippen molar-refractivity contribution in [3.8, 4) is 0 Å². The molecular formula is C26H33N3. The van der Waals surface area contributed by atoms with Crippen LogP contribution in [0.2, 0.25) is 0 Å². The van der Waals surface area contributed by atoms with Crippen LogP contribution in [0.3, 0.4) is 0 Å². The van der Waals surface area contributed by atoms with E-state index in [-0.39, 0.29) is 6.04 Å². The molecular weight excluding hydrogens is 354 g/mol. The summed E-state index contributed by atoms with van der Waals surface area (Å²) in [4.78, 5) is 0. The van der Waals surface area contributed by atoms with Crippen molar-refractivity contribution in [3.63, 3.8) is 0 Å². The minimum atomic E-state index is 0.152. The lowest BCUT2D eigenvalue weighted by molar-refractivity contribution is 0.387. The summed E-state index contributed by atoms with van der Waals surface area (Å²) in [6.07, 6.45) is 4.94. The fourth-order valence-corrected chi connectivity index (χ4v) is 5.33. The quantitative estimate of drug-likeness (QED) is 0.606. The van der Waals surface area contributed by atoms with Gasteiger partial charge >= 0.3 is 0 Å². The summed E-state index contributed by atoms with van der Waals surface area (Å²) in [7, 11) is 2.23. The molecule has 1 aromatic heterocycles. The number of fused-ring (bicyclic) bond motifs is 3. The maximum absolute atomic E-state index is 7.03. The zero-order valence-electron chi connectivity index (χ0n) is 17.7. The lowest BCUT2D eigenvalue weighted by Gasteiger charge is -2.37. The van der Waals surface area contributed by atoms with Crippen molar-refractivity contribution in [2.24, 2.45) is 18.7 Å². The van der Waals surface area contributed by atoms with E-state index >= 15 is 0 Å². The van der Waals surface area contributed by atoms with Gasteiger partial charge < -0.3 is 15.6 Å². The van der Waals surface area contributed by atoms with E-state index in [0.717, 1.165) is 25.3 Å². The number of para-hydroxylation sites is 1. The Kier molecular flexibility index (Phi) is 4.97. The number of nitrogens with zero attached hydrogens (tertiary/aromatic N) is 1. The molecule has 2 aliphatic rings. The molecule has 0 unspecified atom stereocenters. The summed E-state index contributed by atoms with van der Waals surface area (Å²) in [5.41, 5.74) is 14.0.